The van der Waals surface area contributed by atoms with E-state index in [0.29, 0.717) is 18.8 Å². The number of anilines is 2. The lowest BCUT2D eigenvalue weighted by molar-refractivity contribution is -0.129. The molecule has 2 aromatic rings. The second-order valence-corrected chi connectivity index (χ2v) is 9.02. The standard InChI is InChI=1S/C20H26N4O3S/c1-22(2)28(26,27)19-10-8-17(9-11-19)21-16-20(25)24-14-12-23(13-15-24)18-6-4-3-5-7-18/h3-11,21H,12-16H2,1-2H3. The zero-order chi connectivity index (χ0) is 20.1. The molecule has 1 saturated heterocycles. The lowest BCUT2D eigenvalue weighted by Gasteiger charge is -2.36. The highest BCUT2D eigenvalue weighted by molar-refractivity contribution is 7.89. The van der Waals surface area contributed by atoms with Crippen LogP contribution in [0.3, 0.4) is 0 Å². The number of rotatable bonds is 6. The maximum Gasteiger partial charge on any atom is 0.242 e. The highest BCUT2D eigenvalue weighted by Crippen LogP contribution is 2.17. The van der Waals surface area contributed by atoms with Crippen molar-refractivity contribution in [3.8, 4) is 0 Å². The maximum absolute atomic E-state index is 12.5. The highest BCUT2D eigenvalue weighted by Gasteiger charge is 2.21. The topological polar surface area (TPSA) is 73.0 Å². The summed E-state index contributed by atoms with van der Waals surface area (Å²) in [6.07, 6.45) is 0. The zero-order valence-corrected chi connectivity index (χ0v) is 17.0. The molecule has 1 aliphatic rings. The number of para-hydroxylation sites is 1. The van der Waals surface area contributed by atoms with Crippen molar-refractivity contribution in [2.24, 2.45) is 0 Å². The van der Waals surface area contributed by atoms with Crippen LogP contribution in [0.4, 0.5) is 11.4 Å². The van der Waals surface area contributed by atoms with Crippen LogP contribution in [-0.4, -0.2) is 70.3 Å². The summed E-state index contributed by atoms with van der Waals surface area (Å²) in [5, 5.41) is 3.08. The fourth-order valence-corrected chi connectivity index (χ4v) is 4.00. The van der Waals surface area contributed by atoms with Gasteiger partial charge in [0, 0.05) is 51.6 Å². The third kappa shape index (κ3) is 4.63. The highest BCUT2D eigenvalue weighted by atomic mass is 32.2. The summed E-state index contributed by atoms with van der Waals surface area (Å²) in [6, 6.07) is 16.6. The molecule has 0 saturated carbocycles. The molecule has 0 unspecified atom stereocenters. The third-order valence-corrected chi connectivity index (χ3v) is 6.66. The summed E-state index contributed by atoms with van der Waals surface area (Å²) >= 11 is 0. The lowest BCUT2D eigenvalue weighted by Crippen LogP contribution is -2.50. The molecule has 0 aliphatic carbocycles. The quantitative estimate of drug-likeness (QED) is 0.796. The van der Waals surface area contributed by atoms with E-state index >= 15 is 0 Å². The monoisotopic (exact) mass is 402 g/mol. The molecule has 150 valence electrons. The number of amides is 1. The van der Waals surface area contributed by atoms with Gasteiger partial charge in [-0.3, -0.25) is 4.79 Å². The summed E-state index contributed by atoms with van der Waals surface area (Å²) < 4.78 is 25.3. The van der Waals surface area contributed by atoms with Gasteiger partial charge in [0.1, 0.15) is 0 Å². The molecular formula is C20H26N4O3S. The van der Waals surface area contributed by atoms with Crippen LogP contribution in [-0.2, 0) is 14.8 Å². The molecule has 3 rings (SSSR count). The number of carbonyl (C=O) groups is 1. The zero-order valence-electron chi connectivity index (χ0n) is 16.2. The number of sulfonamides is 1. The van der Waals surface area contributed by atoms with Gasteiger partial charge in [0.25, 0.3) is 0 Å². The van der Waals surface area contributed by atoms with Gasteiger partial charge in [-0.25, -0.2) is 12.7 Å². The fraction of sp³-hybridized carbons (Fsp3) is 0.350. The van der Waals surface area contributed by atoms with E-state index in [2.05, 4.69) is 22.3 Å². The lowest BCUT2D eigenvalue weighted by atomic mass is 10.2. The minimum atomic E-state index is -3.44. The molecule has 0 bridgehead atoms. The first-order chi connectivity index (χ1) is 13.4. The van der Waals surface area contributed by atoms with Gasteiger partial charge in [-0.05, 0) is 36.4 Å². The molecule has 1 N–H and O–H groups in total. The summed E-state index contributed by atoms with van der Waals surface area (Å²) in [6.45, 7) is 3.19. The smallest absolute Gasteiger partial charge is 0.242 e. The van der Waals surface area contributed by atoms with Crippen molar-refractivity contribution in [1.29, 1.82) is 0 Å². The van der Waals surface area contributed by atoms with Gasteiger partial charge in [-0.2, -0.15) is 0 Å². The normalized spacial score (nSPS) is 15.0. The Morgan fingerprint density at radius 2 is 1.57 bits per heavy atom. The Balaban J connectivity index is 1.50. The van der Waals surface area contributed by atoms with E-state index in [0.717, 1.165) is 13.1 Å². The van der Waals surface area contributed by atoms with Gasteiger partial charge in [0.2, 0.25) is 15.9 Å². The van der Waals surface area contributed by atoms with Crippen molar-refractivity contribution in [2.75, 3.05) is 57.0 Å². The van der Waals surface area contributed by atoms with Crippen LogP contribution in [0.25, 0.3) is 0 Å². The van der Waals surface area contributed by atoms with Gasteiger partial charge in [0.15, 0.2) is 0 Å². The van der Waals surface area contributed by atoms with E-state index in [-0.39, 0.29) is 17.3 Å². The van der Waals surface area contributed by atoms with Gasteiger partial charge in [-0.15, -0.1) is 0 Å². The Labute approximate surface area is 166 Å². The molecule has 0 spiro atoms. The summed E-state index contributed by atoms with van der Waals surface area (Å²) in [5.74, 6) is 0.0395. The van der Waals surface area contributed by atoms with E-state index < -0.39 is 10.0 Å². The number of hydrogen-bond donors (Lipinski definition) is 1. The van der Waals surface area contributed by atoms with E-state index in [4.69, 9.17) is 0 Å². The first-order valence-corrected chi connectivity index (χ1v) is 10.7. The minimum Gasteiger partial charge on any atom is -0.376 e. The SMILES string of the molecule is CN(C)S(=O)(=O)c1ccc(NCC(=O)N2CCN(c3ccccc3)CC2)cc1. The maximum atomic E-state index is 12.5. The van der Waals surface area contributed by atoms with Crippen LogP contribution in [0.5, 0.6) is 0 Å². The molecule has 2 aromatic carbocycles. The van der Waals surface area contributed by atoms with Crippen LogP contribution in [0, 0.1) is 0 Å². The van der Waals surface area contributed by atoms with Crippen molar-refractivity contribution < 1.29 is 13.2 Å². The second-order valence-electron chi connectivity index (χ2n) is 6.87. The average Bonchev–Trinajstić information content (AvgIpc) is 2.73. The minimum absolute atomic E-state index is 0.0395. The largest absolute Gasteiger partial charge is 0.376 e. The Morgan fingerprint density at radius 3 is 2.14 bits per heavy atom. The molecule has 1 aliphatic heterocycles. The first-order valence-electron chi connectivity index (χ1n) is 9.22. The van der Waals surface area contributed by atoms with E-state index in [1.54, 1.807) is 24.3 Å². The number of nitrogens with one attached hydrogen (secondary N) is 1. The van der Waals surface area contributed by atoms with Gasteiger partial charge in [0.05, 0.1) is 11.4 Å². The molecule has 7 nitrogen and oxygen atoms in total. The van der Waals surface area contributed by atoms with Gasteiger partial charge >= 0.3 is 0 Å². The molecule has 8 heteroatoms. The first kappa shape index (κ1) is 20.2. The number of carbonyl (C=O) groups excluding carboxylic acids is 1. The Kier molecular flexibility index (Phi) is 6.21. The van der Waals surface area contributed by atoms with Gasteiger partial charge in [-0.1, -0.05) is 18.2 Å². The summed E-state index contributed by atoms with van der Waals surface area (Å²) in [4.78, 5) is 16.8. The number of benzene rings is 2. The van der Waals surface area contributed by atoms with Crippen LogP contribution in [0.1, 0.15) is 0 Å². The summed E-state index contributed by atoms with van der Waals surface area (Å²) in [5.41, 5.74) is 1.90. The molecule has 1 amide bonds. The number of piperazine rings is 1. The van der Waals surface area contributed by atoms with Crippen molar-refractivity contribution >= 4 is 27.3 Å². The molecule has 0 aromatic heterocycles. The fourth-order valence-electron chi connectivity index (χ4n) is 3.10. The van der Waals surface area contributed by atoms with Crippen molar-refractivity contribution in [3.05, 3.63) is 54.6 Å². The van der Waals surface area contributed by atoms with Gasteiger partial charge < -0.3 is 15.1 Å². The Bertz CT molecular complexity index is 891. The summed E-state index contributed by atoms with van der Waals surface area (Å²) in [7, 11) is -0.449. The van der Waals surface area contributed by atoms with Crippen molar-refractivity contribution in [3.63, 3.8) is 0 Å². The Morgan fingerprint density at radius 1 is 0.964 bits per heavy atom. The van der Waals surface area contributed by atoms with Crippen molar-refractivity contribution in [1.82, 2.24) is 9.21 Å². The predicted molar refractivity (Wildman–Crippen MR) is 111 cm³/mol. The molecule has 0 radical (unpaired) electrons. The second kappa shape index (κ2) is 8.62. The molecule has 28 heavy (non-hydrogen) atoms. The predicted octanol–water partition coefficient (Wildman–Crippen LogP) is 1.70. The third-order valence-electron chi connectivity index (χ3n) is 4.83. The van der Waals surface area contributed by atoms with Crippen LogP contribution in [0.15, 0.2) is 59.5 Å². The average molecular weight is 403 g/mol. The van der Waals surface area contributed by atoms with Crippen LogP contribution in [0.2, 0.25) is 0 Å². The van der Waals surface area contributed by atoms with Crippen LogP contribution >= 0.6 is 0 Å². The van der Waals surface area contributed by atoms with Crippen molar-refractivity contribution in [2.45, 2.75) is 4.90 Å². The Hall–Kier alpha value is -2.58. The van der Waals surface area contributed by atoms with E-state index in [1.807, 2.05) is 23.1 Å². The van der Waals surface area contributed by atoms with Crippen LogP contribution < -0.4 is 10.2 Å². The molecule has 1 fully saturated rings. The molecule has 0 atom stereocenters. The molecular weight excluding hydrogens is 376 g/mol. The number of hydrogen-bond acceptors (Lipinski definition) is 5. The van der Waals surface area contributed by atoms with E-state index in [9.17, 15) is 13.2 Å². The molecule has 1 heterocycles. The number of nitrogens with zero attached hydrogens (tertiary/aromatic N) is 3. The van der Waals surface area contributed by atoms with E-state index in [1.165, 1.54) is 24.1 Å².